The molecule has 1 radical (unpaired) electrons. The highest BCUT2D eigenvalue weighted by Crippen LogP contribution is 2.42. The normalized spacial score (nSPS) is 18.4. The van der Waals surface area contributed by atoms with Crippen LogP contribution in [-0.2, 0) is 11.8 Å². The third-order valence-electron chi connectivity index (χ3n) is 7.97. The molecule has 2 bridgehead atoms. The molecular weight excluding hydrogens is 398 g/mol. The first-order valence-electron chi connectivity index (χ1n) is 11.0. The lowest BCUT2D eigenvalue weighted by molar-refractivity contribution is 0.0993. The van der Waals surface area contributed by atoms with Gasteiger partial charge in [0.25, 0.3) is 5.91 Å². The monoisotopic (exact) mass is 432 g/mol. The van der Waals surface area contributed by atoms with Gasteiger partial charge in [0.1, 0.15) is 0 Å². The number of carbonyl (C=O) groups excluding carboxylic acids is 1. The van der Waals surface area contributed by atoms with Crippen molar-refractivity contribution in [2.24, 2.45) is 0 Å². The summed E-state index contributed by atoms with van der Waals surface area (Å²) in [6.45, 7) is 21.1. The third kappa shape index (κ3) is 2.76. The topological polar surface area (TPSA) is 40.9 Å². The van der Waals surface area contributed by atoms with Crippen LogP contribution in [0, 0.1) is 6.92 Å². The summed E-state index contributed by atoms with van der Waals surface area (Å²) < 4.78 is 0. The molecule has 2 nitrogen and oxygen atoms in total. The Morgan fingerprint density at radius 1 is 1.00 bits per heavy atom. The van der Waals surface area contributed by atoms with E-state index in [2.05, 4.69) is 85.1 Å². The zero-order valence-corrected chi connectivity index (χ0v) is 21.9. The second-order valence-corrected chi connectivity index (χ2v) is 26.5. The highest BCUT2D eigenvalue weighted by Gasteiger charge is 2.53. The molecule has 4 rings (SSSR count). The molecule has 0 atom stereocenters. The Balaban J connectivity index is 2.15. The van der Waals surface area contributed by atoms with Gasteiger partial charge in [-0.05, 0) is 59.6 Å². The van der Waals surface area contributed by atoms with Crippen LogP contribution in [0.1, 0.15) is 60.3 Å². The lowest BCUT2D eigenvalue weighted by Crippen LogP contribution is -2.63. The SMILES string of the molecule is CC1=Cc2cc(C(C)(C)C)cc(-c3c(C([NH])=O)cc4c(C)c3[Si](C)(C)[Si]4(C)C)c2C1. The fourth-order valence-electron chi connectivity index (χ4n) is 5.59. The van der Waals surface area contributed by atoms with Crippen LogP contribution in [-0.4, -0.2) is 21.1 Å². The average molecular weight is 433 g/mol. The van der Waals surface area contributed by atoms with Gasteiger partial charge in [-0.2, -0.15) is 0 Å². The number of fused-ring (bicyclic) bond motifs is 3. The summed E-state index contributed by atoms with van der Waals surface area (Å²) in [7, 11) is -3.44. The predicted octanol–water partition coefficient (Wildman–Crippen LogP) is 5.26. The number of amides is 1. The minimum Gasteiger partial charge on any atom is -0.267 e. The van der Waals surface area contributed by atoms with Crippen LogP contribution in [0.4, 0.5) is 0 Å². The Morgan fingerprint density at radius 3 is 2.20 bits per heavy atom. The molecule has 0 fully saturated rings. The molecule has 0 spiro atoms. The molecule has 157 valence electrons. The quantitative estimate of drug-likeness (QED) is 0.596. The summed E-state index contributed by atoms with van der Waals surface area (Å²) in [5.41, 5.74) is 17.8. The minimum atomic E-state index is -1.77. The number of nitrogens with one attached hydrogen (secondary N) is 1. The lowest BCUT2D eigenvalue weighted by atomic mass is 9.81. The van der Waals surface area contributed by atoms with E-state index >= 15 is 0 Å². The largest absolute Gasteiger partial charge is 0.270 e. The van der Waals surface area contributed by atoms with Crippen molar-refractivity contribution in [2.45, 2.75) is 72.6 Å². The number of allylic oxidation sites excluding steroid dienone is 1. The minimum absolute atomic E-state index is 0.0234. The molecular formula is C26H34NOSi2. The fourth-order valence-corrected chi connectivity index (χ4v) is 16.2. The standard InChI is InChI=1S/C26H34NOSi2/c1-15-10-17-12-18(26(3,4)5)13-20(19(17)11-15)23-21(25(27)28)14-22-16(2)24(23)30(8,9)29(22,6)7/h10,12-14,27H,11H2,1-9H3. The van der Waals surface area contributed by atoms with Crippen LogP contribution in [0.25, 0.3) is 17.2 Å². The molecule has 0 saturated heterocycles. The molecule has 1 amide bonds. The van der Waals surface area contributed by atoms with Crippen molar-refractivity contribution in [1.29, 1.82) is 0 Å². The van der Waals surface area contributed by atoms with Crippen LogP contribution in [0.3, 0.4) is 0 Å². The lowest BCUT2D eigenvalue weighted by Gasteiger charge is -2.33. The van der Waals surface area contributed by atoms with Crippen molar-refractivity contribution in [1.82, 2.24) is 5.73 Å². The van der Waals surface area contributed by atoms with E-state index in [9.17, 15) is 4.79 Å². The van der Waals surface area contributed by atoms with Crippen LogP contribution < -0.4 is 16.1 Å². The Hall–Kier alpha value is -1.92. The van der Waals surface area contributed by atoms with Crippen molar-refractivity contribution in [3.05, 3.63) is 51.6 Å². The van der Waals surface area contributed by atoms with E-state index in [0.29, 0.717) is 5.56 Å². The van der Waals surface area contributed by atoms with Crippen LogP contribution in [0.5, 0.6) is 0 Å². The van der Waals surface area contributed by atoms with Crippen LogP contribution >= 0.6 is 0 Å². The molecule has 2 aromatic rings. The highest BCUT2D eigenvalue weighted by molar-refractivity contribution is 7.52. The molecule has 1 N–H and O–H groups in total. The Kier molecular flexibility index (Phi) is 4.48. The van der Waals surface area contributed by atoms with Gasteiger partial charge in [-0.15, -0.1) is 0 Å². The maximum atomic E-state index is 12.6. The number of rotatable bonds is 2. The van der Waals surface area contributed by atoms with Crippen LogP contribution in [0.2, 0.25) is 26.2 Å². The Labute approximate surface area is 183 Å². The van der Waals surface area contributed by atoms with E-state index in [1.807, 2.05) is 0 Å². The van der Waals surface area contributed by atoms with E-state index in [1.54, 1.807) is 0 Å². The van der Waals surface area contributed by atoms with Gasteiger partial charge >= 0.3 is 0 Å². The molecule has 30 heavy (non-hydrogen) atoms. The molecule has 2 aliphatic rings. The smallest absolute Gasteiger partial charge is 0.267 e. The second kappa shape index (κ2) is 6.30. The van der Waals surface area contributed by atoms with Gasteiger partial charge in [0.15, 0.2) is 0 Å². The van der Waals surface area contributed by atoms with Gasteiger partial charge in [-0.3, -0.25) is 10.5 Å². The molecule has 0 aromatic heterocycles. The third-order valence-corrected chi connectivity index (χ3v) is 25.8. The number of hydrogen-bond acceptors (Lipinski definition) is 1. The second-order valence-electron chi connectivity index (χ2n) is 11.4. The predicted molar refractivity (Wildman–Crippen MR) is 134 cm³/mol. The van der Waals surface area contributed by atoms with Crippen molar-refractivity contribution < 1.29 is 4.79 Å². The Morgan fingerprint density at radius 2 is 1.63 bits per heavy atom. The number of benzene rings is 2. The van der Waals surface area contributed by atoms with E-state index in [4.69, 9.17) is 5.73 Å². The summed E-state index contributed by atoms with van der Waals surface area (Å²) in [6, 6.07) is 6.78. The first-order valence-corrected chi connectivity index (χ1v) is 18.0. The van der Waals surface area contributed by atoms with Crippen molar-refractivity contribution in [2.75, 3.05) is 0 Å². The maximum absolute atomic E-state index is 12.6. The molecule has 1 heterocycles. The summed E-state index contributed by atoms with van der Waals surface area (Å²) in [5.74, 6) is -0.540. The fraction of sp³-hybridized carbons (Fsp3) is 0.423. The van der Waals surface area contributed by atoms with Gasteiger partial charge in [0, 0.05) is 5.56 Å². The summed E-state index contributed by atoms with van der Waals surface area (Å²) in [6.07, 6.45) is 3.24. The first-order chi connectivity index (χ1) is 13.7. The Bertz CT molecular complexity index is 1150. The molecule has 4 heteroatoms. The maximum Gasteiger partial charge on any atom is 0.270 e. The highest BCUT2D eigenvalue weighted by atomic mass is 29.3. The van der Waals surface area contributed by atoms with Crippen molar-refractivity contribution >= 4 is 37.5 Å². The number of carbonyl (C=O) groups is 1. The van der Waals surface area contributed by atoms with Crippen molar-refractivity contribution in [3.8, 4) is 11.1 Å². The van der Waals surface area contributed by atoms with Gasteiger partial charge in [-0.25, -0.2) is 0 Å². The first kappa shape index (κ1) is 21.3. The molecule has 2 aromatic carbocycles. The van der Waals surface area contributed by atoms with Crippen molar-refractivity contribution in [3.63, 3.8) is 0 Å². The summed E-state index contributed by atoms with van der Waals surface area (Å²) >= 11 is 0. The summed E-state index contributed by atoms with van der Waals surface area (Å²) in [5, 5.41) is 2.86. The van der Waals surface area contributed by atoms with Gasteiger partial charge < -0.3 is 0 Å². The van der Waals surface area contributed by atoms with Crippen LogP contribution in [0.15, 0.2) is 23.8 Å². The van der Waals surface area contributed by atoms with E-state index in [-0.39, 0.29) is 5.41 Å². The average Bonchev–Trinajstić information content (AvgIpc) is 3.01. The van der Waals surface area contributed by atoms with E-state index < -0.39 is 21.1 Å². The van der Waals surface area contributed by atoms with Gasteiger partial charge in [0.05, 0.1) is 15.2 Å². The summed E-state index contributed by atoms with van der Waals surface area (Å²) in [4.78, 5) is 12.6. The molecule has 0 unspecified atom stereocenters. The molecule has 1 aliphatic heterocycles. The zero-order chi connectivity index (χ0) is 22.4. The van der Waals surface area contributed by atoms with Gasteiger partial charge in [-0.1, -0.05) is 86.7 Å². The van der Waals surface area contributed by atoms with Gasteiger partial charge in [0.2, 0.25) is 0 Å². The zero-order valence-electron chi connectivity index (χ0n) is 19.9. The molecule has 1 aliphatic carbocycles. The van der Waals surface area contributed by atoms with E-state index in [1.165, 1.54) is 43.8 Å². The number of hydrogen-bond donors (Lipinski definition) is 0. The molecule has 0 saturated carbocycles. The van der Waals surface area contributed by atoms with E-state index in [0.717, 1.165) is 12.0 Å².